The average Bonchev–Trinajstić information content (AvgIpc) is 2.24. The molecule has 0 unspecified atom stereocenters. The van der Waals surface area contributed by atoms with Crippen molar-refractivity contribution < 1.29 is 29.3 Å². The highest BCUT2D eigenvalue weighted by atomic mass is 35.5. The van der Waals surface area contributed by atoms with Gasteiger partial charge in [-0.05, 0) is 12.1 Å². The number of carbonyl (C=O) groups is 2. The van der Waals surface area contributed by atoms with E-state index in [1.807, 2.05) is 0 Å². The lowest BCUT2D eigenvalue weighted by Gasteiger charge is -2.08. The van der Waals surface area contributed by atoms with Gasteiger partial charge >= 0.3 is 11.9 Å². The molecule has 0 aliphatic heterocycles. The van der Waals surface area contributed by atoms with E-state index < -0.39 is 25.2 Å². The first kappa shape index (κ1) is 13.1. The van der Waals surface area contributed by atoms with Crippen molar-refractivity contribution in [2.45, 2.75) is 0 Å². The lowest BCUT2D eigenvalue weighted by molar-refractivity contribution is -0.140. The van der Waals surface area contributed by atoms with Crippen molar-refractivity contribution >= 4 is 23.5 Å². The monoisotopic (exact) mass is 260 g/mol. The Morgan fingerprint density at radius 3 is 2.24 bits per heavy atom. The highest BCUT2D eigenvalue weighted by Gasteiger charge is 2.07. The smallest absolute Gasteiger partial charge is 0.341 e. The van der Waals surface area contributed by atoms with Gasteiger partial charge in [0, 0.05) is 6.07 Å². The van der Waals surface area contributed by atoms with Crippen LogP contribution >= 0.6 is 11.6 Å². The van der Waals surface area contributed by atoms with Gasteiger partial charge in [-0.1, -0.05) is 11.6 Å². The molecule has 0 atom stereocenters. The van der Waals surface area contributed by atoms with Gasteiger partial charge in [0.25, 0.3) is 0 Å². The van der Waals surface area contributed by atoms with Crippen LogP contribution in [0.5, 0.6) is 11.5 Å². The molecule has 0 aromatic heterocycles. The predicted molar refractivity (Wildman–Crippen MR) is 57.7 cm³/mol. The number of ether oxygens (including phenoxy) is 2. The Hall–Kier alpha value is -1.95. The Balaban J connectivity index is 2.65. The number of aliphatic carboxylic acids is 2. The van der Waals surface area contributed by atoms with Gasteiger partial charge in [-0.2, -0.15) is 0 Å². The Morgan fingerprint density at radius 1 is 1.12 bits per heavy atom. The maximum absolute atomic E-state index is 10.3. The van der Waals surface area contributed by atoms with Gasteiger partial charge in [0.2, 0.25) is 0 Å². The zero-order valence-corrected chi connectivity index (χ0v) is 9.31. The molecule has 6 nitrogen and oxygen atoms in total. The molecule has 17 heavy (non-hydrogen) atoms. The quantitative estimate of drug-likeness (QED) is 0.800. The zero-order chi connectivity index (χ0) is 12.8. The first-order chi connectivity index (χ1) is 7.99. The molecule has 0 saturated carbocycles. The maximum atomic E-state index is 10.3. The third-order valence-corrected chi connectivity index (χ3v) is 1.91. The second-order valence-corrected chi connectivity index (χ2v) is 3.36. The van der Waals surface area contributed by atoms with E-state index >= 15 is 0 Å². The average molecular weight is 261 g/mol. The van der Waals surface area contributed by atoms with Crippen LogP contribution in [0.2, 0.25) is 5.02 Å². The lowest BCUT2D eigenvalue weighted by atomic mass is 10.3. The van der Waals surface area contributed by atoms with Gasteiger partial charge in [-0.25, -0.2) is 9.59 Å². The highest BCUT2D eigenvalue weighted by molar-refractivity contribution is 6.32. The van der Waals surface area contributed by atoms with Gasteiger partial charge in [0.05, 0.1) is 5.02 Å². The first-order valence-corrected chi connectivity index (χ1v) is 4.85. The predicted octanol–water partition coefficient (Wildman–Crippen LogP) is 1.27. The molecule has 0 aliphatic carbocycles. The van der Waals surface area contributed by atoms with Gasteiger partial charge in [0.15, 0.2) is 13.2 Å². The third-order valence-electron chi connectivity index (χ3n) is 1.62. The van der Waals surface area contributed by atoms with Crippen LogP contribution in [0.4, 0.5) is 0 Å². The number of hydrogen-bond acceptors (Lipinski definition) is 4. The van der Waals surface area contributed by atoms with E-state index in [9.17, 15) is 9.59 Å². The van der Waals surface area contributed by atoms with Crippen molar-refractivity contribution in [3.8, 4) is 11.5 Å². The molecule has 0 aliphatic rings. The number of rotatable bonds is 6. The normalized spacial score (nSPS) is 9.71. The van der Waals surface area contributed by atoms with E-state index in [1.165, 1.54) is 18.2 Å². The Kier molecular flexibility index (Phi) is 4.59. The molecule has 0 bridgehead atoms. The molecule has 0 fully saturated rings. The molecular weight excluding hydrogens is 252 g/mol. The Bertz CT molecular complexity index is 431. The van der Waals surface area contributed by atoms with Gasteiger partial charge in [-0.15, -0.1) is 0 Å². The number of hydrogen-bond donors (Lipinski definition) is 2. The summed E-state index contributed by atoms with van der Waals surface area (Å²) in [6.45, 7) is -0.985. The highest BCUT2D eigenvalue weighted by Crippen LogP contribution is 2.28. The molecular formula is C10H9ClO6. The van der Waals surface area contributed by atoms with Crippen molar-refractivity contribution in [1.82, 2.24) is 0 Å². The van der Waals surface area contributed by atoms with Crippen LogP contribution in [0.1, 0.15) is 0 Å². The summed E-state index contributed by atoms with van der Waals surface area (Å²) in [7, 11) is 0. The minimum atomic E-state index is -1.12. The number of carboxylic acid groups (broad SMARTS) is 2. The molecule has 0 amide bonds. The zero-order valence-electron chi connectivity index (χ0n) is 8.55. The van der Waals surface area contributed by atoms with Crippen LogP contribution in [-0.2, 0) is 9.59 Å². The summed E-state index contributed by atoms with van der Waals surface area (Å²) < 4.78 is 9.75. The summed E-state index contributed by atoms with van der Waals surface area (Å²) in [5.74, 6) is -1.77. The maximum Gasteiger partial charge on any atom is 0.341 e. The first-order valence-electron chi connectivity index (χ1n) is 4.48. The van der Waals surface area contributed by atoms with E-state index in [1.54, 1.807) is 0 Å². The van der Waals surface area contributed by atoms with E-state index in [0.29, 0.717) is 0 Å². The molecule has 0 radical (unpaired) electrons. The van der Waals surface area contributed by atoms with E-state index in [0.717, 1.165) is 0 Å². The van der Waals surface area contributed by atoms with Crippen LogP contribution in [0, 0.1) is 0 Å². The molecule has 2 N–H and O–H groups in total. The van der Waals surface area contributed by atoms with Gasteiger partial charge in [-0.3, -0.25) is 0 Å². The molecule has 1 aromatic rings. The van der Waals surface area contributed by atoms with Crippen molar-refractivity contribution in [2.24, 2.45) is 0 Å². The summed E-state index contributed by atoms with van der Waals surface area (Å²) in [5, 5.41) is 17.0. The summed E-state index contributed by atoms with van der Waals surface area (Å²) in [5.41, 5.74) is 0. The minimum absolute atomic E-state index is 0.147. The fraction of sp³-hybridized carbons (Fsp3) is 0.200. The van der Waals surface area contributed by atoms with Crippen molar-refractivity contribution in [3.05, 3.63) is 23.2 Å². The molecule has 1 rings (SSSR count). The SMILES string of the molecule is O=C(O)COc1ccc(OCC(=O)O)c(Cl)c1. The Labute approximate surface area is 101 Å². The largest absolute Gasteiger partial charge is 0.482 e. The van der Waals surface area contributed by atoms with Crippen molar-refractivity contribution in [1.29, 1.82) is 0 Å². The van der Waals surface area contributed by atoms with Crippen LogP contribution in [0.25, 0.3) is 0 Å². The molecule has 0 heterocycles. The minimum Gasteiger partial charge on any atom is -0.482 e. The second-order valence-electron chi connectivity index (χ2n) is 2.96. The van der Waals surface area contributed by atoms with Crippen LogP contribution in [-0.4, -0.2) is 35.4 Å². The Morgan fingerprint density at radius 2 is 1.71 bits per heavy atom. The van der Waals surface area contributed by atoms with Crippen LogP contribution in [0.3, 0.4) is 0 Å². The summed E-state index contributed by atoms with van der Waals surface area (Å²) in [6, 6.07) is 4.19. The molecule has 7 heteroatoms. The van der Waals surface area contributed by atoms with Gasteiger partial charge < -0.3 is 19.7 Å². The van der Waals surface area contributed by atoms with Crippen molar-refractivity contribution in [3.63, 3.8) is 0 Å². The molecule has 1 aromatic carbocycles. The van der Waals surface area contributed by atoms with Crippen molar-refractivity contribution in [2.75, 3.05) is 13.2 Å². The molecule has 0 saturated heterocycles. The summed E-state index contributed by atoms with van der Waals surface area (Å²) in [6.07, 6.45) is 0. The topological polar surface area (TPSA) is 93.1 Å². The van der Waals surface area contributed by atoms with Gasteiger partial charge in [0.1, 0.15) is 11.5 Å². The second kappa shape index (κ2) is 5.95. The number of carboxylic acids is 2. The molecule has 92 valence electrons. The summed E-state index contributed by atoms with van der Waals surface area (Å²) >= 11 is 5.78. The fourth-order valence-corrected chi connectivity index (χ4v) is 1.20. The van der Waals surface area contributed by atoms with Crippen LogP contribution < -0.4 is 9.47 Å². The van der Waals surface area contributed by atoms with Crippen LogP contribution in [0.15, 0.2) is 18.2 Å². The standard InChI is InChI=1S/C10H9ClO6/c11-7-3-6(16-4-9(12)13)1-2-8(7)17-5-10(14)15/h1-3H,4-5H2,(H,12,13)(H,14,15). The number of halogens is 1. The third kappa shape index (κ3) is 4.60. The molecule has 0 spiro atoms. The fourth-order valence-electron chi connectivity index (χ4n) is 0.973. The number of benzene rings is 1. The van der Waals surface area contributed by atoms with E-state index in [4.69, 9.17) is 31.3 Å². The summed E-state index contributed by atoms with van der Waals surface area (Å²) in [4.78, 5) is 20.5. The van der Waals surface area contributed by atoms with E-state index in [2.05, 4.69) is 0 Å². The lowest BCUT2D eigenvalue weighted by Crippen LogP contribution is -2.10. The van der Waals surface area contributed by atoms with E-state index in [-0.39, 0.29) is 16.5 Å².